The molecule has 0 amide bonds. The summed E-state index contributed by atoms with van der Waals surface area (Å²) in [5.41, 5.74) is 0.579. The van der Waals surface area contributed by atoms with Crippen LogP contribution in [0.3, 0.4) is 0 Å². The van der Waals surface area contributed by atoms with Gasteiger partial charge in [0.15, 0.2) is 0 Å². The Labute approximate surface area is 111 Å². The smallest absolute Gasteiger partial charge is 0.347 e. The second-order valence-corrected chi connectivity index (χ2v) is 4.77. The highest BCUT2D eigenvalue weighted by molar-refractivity contribution is 7.17. The Morgan fingerprint density at radius 1 is 1.21 bits per heavy atom. The standard InChI is InChI=1S/C12H9NO5S/c1-5-9(12(17)18)19-10(13-5)6-2-3-8(14)7(4-6)11(15)16/h2-4,14H,1H3,(H,15,16)(H,17,18). The largest absolute Gasteiger partial charge is 0.507 e. The SMILES string of the molecule is Cc1nc(-c2ccc(O)c(C(=O)O)c2)sc1C(=O)O. The average molecular weight is 279 g/mol. The highest BCUT2D eigenvalue weighted by Crippen LogP contribution is 2.30. The number of thiazole rings is 1. The van der Waals surface area contributed by atoms with Gasteiger partial charge in [-0.3, -0.25) is 0 Å². The minimum atomic E-state index is -1.26. The van der Waals surface area contributed by atoms with Crippen molar-refractivity contribution in [2.24, 2.45) is 0 Å². The Balaban J connectivity index is 2.53. The number of benzene rings is 1. The minimum Gasteiger partial charge on any atom is -0.507 e. The Bertz CT molecular complexity index is 677. The van der Waals surface area contributed by atoms with E-state index >= 15 is 0 Å². The van der Waals surface area contributed by atoms with Crippen molar-refractivity contribution >= 4 is 23.3 Å². The van der Waals surface area contributed by atoms with E-state index in [-0.39, 0.29) is 16.2 Å². The summed E-state index contributed by atoms with van der Waals surface area (Å²) in [7, 11) is 0. The summed E-state index contributed by atoms with van der Waals surface area (Å²) in [5.74, 6) is -2.67. The summed E-state index contributed by atoms with van der Waals surface area (Å²) in [4.78, 5) is 26.1. The van der Waals surface area contributed by atoms with E-state index < -0.39 is 11.9 Å². The van der Waals surface area contributed by atoms with Crippen molar-refractivity contribution in [2.45, 2.75) is 6.92 Å². The fraction of sp³-hybridized carbons (Fsp3) is 0.0833. The Morgan fingerprint density at radius 2 is 1.89 bits per heavy atom. The number of carbonyl (C=O) groups is 2. The summed E-state index contributed by atoms with van der Waals surface area (Å²) in [6, 6.07) is 4.00. The van der Waals surface area contributed by atoms with Crippen LogP contribution in [0.4, 0.5) is 0 Å². The third-order valence-electron chi connectivity index (χ3n) is 2.46. The summed E-state index contributed by atoms with van der Waals surface area (Å²) in [5, 5.41) is 27.7. The summed E-state index contributed by atoms with van der Waals surface area (Å²) >= 11 is 0.962. The van der Waals surface area contributed by atoms with Gasteiger partial charge < -0.3 is 15.3 Å². The van der Waals surface area contributed by atoms with Crippen molar-refractivity contribution in [2.75, 3.05) is 0 Å². The molecule has 0 radical (unpaired) electrons. The van der Waals surface area contributed by atoms with Gasteiger partial charge in [0.1, 0.15) is 21.2 Å². The number of aromatic carboxylic acids is 2. The Kier molecular flexibility index (Phi) is 3.22. The topological polar surface area (TPSA) is 108 Å². The van der Waals surface area contributed by atoms with E-state index in [1.807, 2.05) is 0 Å². The van der Waals surface area contributed by atoms with Crippen LogP contribution in [-0.2, 0) is 0 Å². The predicted octanol–water partition coefficient (Wildman–Crippen LogP) is 2.22. The predicted molar refractivity (Wildman–Crippen MR) is 67.9 cm³/mol. The van der Waals surface area contributed by atoms with Gasteiger partial charge in [-0.05, 0) is 25.1 Å². The Morgan fingerprint density at radius 3 is 2.42 bits per heavy atom. The number of nitrogens with zero attached hydrogens (tertiary/aromatic N) is 1. The van der Waals surface area contributed by atoms with E-state index in [2.05, 4.69) is 4.98 Å². The van der Waals surface area contributed by atoms with Gasteiger partial charge in [0.25, 0.3) is 0 Å². The van der Waals surface area contributed by atoms with Crippen LogP contribution in [0.5, 0.6) is 5.75 Å². The molecule has 0 bridgehead atoms. The second kappa shape index (κ2) is 4.69. The van der Waals surface area contributed by atoms with Crippen molar-refractivity contribution in [1.82, 2.24) is 4.98 Å². The molecular formula is C12H9NO5S. The van der Waals surface area contributed by atoms with E-state index in [9.17, 15) is 14.7 Å². The highest BCUT2D eigenvalue weighted by Gasteiger charge is 2.17. The van der Waals surface area contributed by atoms with Gasteiger partial charge in [-0.25, -0.2) is 14.6 Å². The molecule has 0 saturated carbocycles. The van der Waals surface area contributed by atoms with Crippen LogP contribution in [0.25, 0.3) is 10.6 Å². The zero-order valence-electron chi connectivity index (χ0n) is 9.75. The monoisotopic (exact) mass is 279 g/mol. The third kappa shape index (κ3) is 2.41. The van der Waals surface area contributed by atoms with Gasteiger partial charge in [-0.15, -0.1) is 11.3 Å². The number of aromatic nitrogens is 1. The molecule has 1 aromatic carbocycles. The summed E-state index contributed by atoms with van der Waals surface area (Å²) < 4.78 is 0. The fourth-order valence-electron chi connectivity index (χ4n) is 1.56. The molecule has 0 spiro atoms. The molecule has 98 valence electrons. The molecule has 2 rings (SSSR count). The highest BCUT2D eigenvalue weighted by atomic mass is 32.1. The van der Waals surface area contributed by atoms with Crippen LogP contribution >= 0.6 is 11.3 Å². The van der Waals surface area contributed by atoms with E-state index in [0.717, 1.165) is 11.3 Å². The molecule has 0 aliphatic carbocycles. The van der Waals surface area contributed by atoms with E-state index in [1.54, 1.807) is 6.92 Å². The zero-order valence-corrected chi connectivity index (χ0v) is 10.6. The lowest BCUT2D eigenvalue weighted by Gasteiger charge is -2.01. The lowest BCUT2D eigenvalue weighted by molar-refractivity contribution is 0.0685. The third-order valence-corrected chi connectivity index (χ3v) is 3.66. The molecule has 0 aliphatic heterocycles. The van der Waals surface area contributed by atoms with Gasteiger partial charge in [0.05, 0.1) is 5.69 Å². The number of carboxylic acid groups (broad SMARTS) is 2. The molecule has 6 nitrogen and oxygen atoms in total. The maximum atomic E-state index is 10.9. The molecule has 19 heavy (non-hydrogen) atoms. The molecule has 7 heteroatoms. The second-order valence-electron chi connectivity index (χ2n) is 3.78. The van der Waals surface area contributed by atoms with Crippen molar-refractivity contribution in [3.05, 3.63) is 34.3 Å². The molecule has 0 unspecified atom stereocenters. The van der Waals surface area contributed by atoms with Crippen molar-refractivity contribution < 1.29 is 24.9 Å². The van der Waals surface area contributed by atoms with Gasteiger partial charge in [-0.1, -0.05) is 0 Å². The number of hydrogen-bond acceptors (Lipinski definition) is 5. The molecule has 0 aliphatic rings. The normalized spacial score (nSPS) is 10.4. The van der Waals surface area contributed by atoms with Crippen molar-refractivity contribution in [3.63, 3.8) is 0 Å². The number of phenols is 1. The van der Waals surface area contributed by atoms with Crippen molar-refractivity contribution in [3.8, 4) is 16.3 Å². The molecule has 1 heterocycles. The molecule has 1 aromatic heterocycles. The molecule has 0 fully saturated rings. The van der Waals surface area contributed by atoms with E-state index in [4.69, 9.17) is 10.2 Å². The van der Waals surface area contributed by atoms with Crippen LogP contribution in [0.2, 0.25) is 0 Å². The first-order valence-electron chi connectivity index (χ1n) is 5.17. The van der Waals surface area contributed by atoms with Crippen LogP contribution in [0, 0.1) is 6.92 Å². The van der Waals surface area contributed by atoms with E-state index in [1.165, 1.54) is 18.2 Å². The first kappa shape index (κ1) is 13.0. The number of hydrogen-bond donors (Lipinski definition) is 3. The first-order valence-corrected chi connectivity index (χ1v) is 5.99. The van der Waals surface area contributed by atoms with Gasteiger partial charge in [0.2, 0.25) is 0 Å². The van der Waals surface area contributed by atoms with Crippen molar-refractivity contribution in [1.29, 1.82) is 0 Å². The quantitative estimate of drug-likeness (QED) is 0.795. The van der Waals surface area contributed by atoms with Crippen LogP contribution in [0.15, 0.2) is 18.2 Å². The molecule has 0 saturated heterocycles. The molecule has 2 aromatic rings. The molecular weight excluding hydrogens is 270 g/mol. The van der Waals surface area contributed by atoms with Gasteiger partial charge >= 0.3 is 11.9 Å². The van der Waals surface area contributed by atoms with Gasteiger partial charge in [-0.2, -0.15) is 0 Å². The summed E-state index contributed by atoms with van der Waals surface area (Å²) in [6.45, 7) is 1.57. The fourth-order valence-corrected chi connectivity index (χ4v) is 2.46. The Hall–Kier alpha value is -2.41. The molecule has 0 atom stereocenters. The maximum Gasteiger partial charge on any atom is 0.347 e. The average Bonchev–Trinajstić information content (AvgIpc) is 2.71. The van der Waals surface area contributed by atoms with E-state index in [0.29, 0.717) is 16.3 Å². The van der Waals surface area contributed by atoms with Gasteiger partial charge in [0, 0.05) is 5.56 Å². The van der Waals surface area contributed by atoms with Crippen LogP contribution < -0.4 is 0 Å². The van der Waals surface area contributed by atoms with Crippen LogP contribution in [-0.4, -0.2) is 32.2 Å². The zero-order chi connectivity index (χ0) is 14.2. The number of aryl methyl sites for hydroxylation is 1. The van der Waals surface area contributed by atoms with Crippen LogP contribution in [0.1, 0.15) is 25.7 Å². The minimum absolute atomic E-state index is 0.111. The maximum absolute atomic E-state index is 10.9. The number of carboxylic acids is 2. The number of aromatic hydroxyl groups is 1. The molecule has 3 N–H and O–H groups in total. The lowest BCUT2D eigenvalue weighted by Crippen LogP contribution is -1.96. The number of rotatable bonds is 3. The first-order chi connectivity index (χ1) is 8.90. The lowest BCUT2D eigenvalue weighted by atomic mass is 10.1. The summed E-state index contributed by atoms with van der Waals surface area (Å²) in [6.07, 6.45) is 0.